The predicted octanol–water partition coefficient (Wildman–Crippen LogP) is 4.34. The van der Waals surface area contributed by atoms with Crippen molar-refractivity contribution in [1.29, 1.82) is 0 Å². The van der Waals surface area contributed by atoms with Gasteiger partial charge in [0.05, 0.1) is 12.2 Å². The van der Waals surface area contributed by atoms with Crippen LogP contribution in [-0.4, -0.2) is 44.7 Å². The Labute approximate surface area is 212 Å². The molecule has 3 heterocycles. The topological polar surface area (TPSA) is 90.1 Å². The van der Waals surface area contributed by atoms with Gasteiger partial charge in [-0.1, -0.05) is 25.1 Å². The Kier molecular flexibility index (Phi) is 9.25. The second-order valence-electron chi connectivity index (χ2n) is 8.47. The summed E-state index contributed by atoms with van der Waals surface area (Å²) in [5.74, 6) is 3.61. The van der Waals surface area contributed by atoms with Crippen LogP contribution >= 0.6 is 24.0 Å². The van der Waals surface area contributed by atoms with Crippen molar-refractivity contribution in [1.82, 2.24) is 15.8 Å². The molecule has 0 unspecified atom stereocenters. The summed E-state index contributed by atoms with van der Waals surface area (Å²) < 4.78 is 22.3. The molecular weight excluding hydrogens is 535 g/mol. The van der Waals surface area contributed by atoms with E-state index in [1.165, 1.54) is 5.56 Å². The maximum absolute atomic E-state index is 5.67. The van der Waals surface area contributed by atoms with Crippen LogP contribution in [0.1, 0.15) is 62.5 Å². The third-order valence-corrected chi connectivity index (χ3v) is 6.66. The number of hydrogen-bond acceptors (Lipinski definition) is 6. The molecule has 8 nitrogen and oxygen atoms in total. The van der Waals surface area contributed by atoms with Crippen molar-refractivity contribution >= 4 is 29.9 Å². The van der Waals surface area contributed by atoms with E-state index in [1.54, 1.807) is 7.05 Å². The molecule has 1 aromatic carbocycles. The van der Waals surface area contributed by atoms with Crippen LogP contribution in [0.2, 0.25) is 0 Å². The van der Waals surface area contributed by atoms with Crippen LogP contribution in [0, 0.1) is 0 Å². The van der Waals surface area contributed by atoms with Gasteiger partial charge < -0.3 is 29.4 Å². The van der Waals surface area contributed by atoms with Gasteiger partial charge in [0.25, 0.3) is 0 Å². The van der Waals surface area contributed by atoms with Gasteiger partial charge in [0.15, 0.2) is 23.2 Å². The molecule has 0 bridgehead atoms. The van der Waals surface area contributed by atoms with Gasteiger partial charge in [-0.2, -0.15) is 0 Å². The molecule has 1 aromatic heterocycles. The monoisotopic (exact) mass is 570 g/mol. The molecule has 0 radical (unpaired) electrons. The maximum atomic E-state index is 5.67. The number of ether oxygens (including phenoxy) is 3. The van der Waals surface area contributed by atoms with E-state index >= 15 is 0 Å². The molecule has 2 aliphatic heterocycles. The number of nitrogens with one attached hydrogen (secondary N) is 2. The molecule has 1 saturated heterocycles. The van der Waals surface area contributed by atoms with Crippen LogP contribution in [0.4, 0.5) is 0 Å². The molecule has 1 fully saturated rings. The van der Waals surface area contributed by atoms with Crippen LogP contribution in [0.5, 0.6) is 11.5 Å². The van der Waals surface area contributed by atoms with Crippen molar-refractivity contribution < 1.29 is 18.7 Å². The van der Waals surface area contributed by atoms with E-state index in [-0.39, 0.29) is 36.2 Å². The molecule has 33 heavy (non-hydrogen) atoms. The van der Waals surface area contributed by atoms with Crippen LogP contribution in [0.25, 0.3) is 0 Å². The smallest absolute Gasteiger partial charge is 0.231 e. The van der Waals surface area contributed by atoms with Gasteiger partial charge in [0, 0.05) is 44.2 Å². The van der Waals surface area contributed by atoms with Gasteiger partial charge in [-0.05, 0) is 43.4 Å². The number of aromatic nitrogens is 1. The molecule has 0 amide bonds. The summed E-state index contributed by atoms with van der Waals surface area (Å²) in [7, 11) is 1.78. The van der Waals surface area contributed by atoms with Crippen LogP contribution in [0.3, 0.4) is 0 Å². The maximum Gasteiger partial charge on any atom is 0.231 e. The Bertz CT molecular complexity index is 923. The van der Waals surface area contributed by atoms with E-state index in [9.17, 15) is 0 Å². The lowest BCUT2D eigenvalue weighted by atomic mass is 9.74. The Balaban J connectivity index is 0.00000306. The van der Waals surface area contributed by atoms with Crippen LogP contribution in [-0.2, 0) is 16.7 Å². The van der Waals surface area contributed by atoms with E-state index in [4.69, 9.17) is 18.7 Å². The summed E-state index contributed by atoms with van der Waals surface area (Å²) in [5, 5.41) is 11.1. The lowest BCUT2D eigenvalue weighted by Crippen LogP contribution is -2.47. The normalized spacial score (nSPS) is 17.0. The first-order chi connectivity index (χ1) is 15.7. The number of rotatable bonds is 8. The highest BCUT2D eigenvalue weighted by molar-refractivity contribution is 14.0. The summed E-state index contributed by atoms with van der Waals surface area (Å²) in [6.07, 6.45) is 3.98. The Hall–Kier alpha value is -2.01. The lowest BCUT2D eigenvalue weighted by molar-refractivity contribution is 0.0513. The number of halogens is 1. The number of benzene rings is 1. The SMILES string of the molecule is CCC(CC)c1cc(CNC(=NC)NCC2(c3ccc4c(c3)OCO4)CCOCC2)on1.I. The summed E-state index contributed by atoms with van der Waals surface area (Å²) >= 11 is 0. The largest absolute Gasteiger partial charge is 0.454 e. The number of hydrogen-bond donors (Lipinski definition) is 2. The fourth-order valence-electron chi connectivity index (χ4n) is 4.51. The first-order valence-corrected chi connectivity index (χ1v) is 11.6. The predicted molar refractivity (Wildman–Crippen MR) is 138 cm³/mol. The highest BCUT2D eigenvalue weighted by atomic mass is 127. The number of nitrogens with zero attached hydrogens (tertiary/aromatic N) is 2. The van der Waals surface area contributed by atoms with Crippen molar-refractivity contribution in [3.8, 4) is 11.5 Å². The van der Waals surface area contributed by atoms with E-state index in [0.717, 1.165) is 74.4 Å². The van der Waals surface area contributed by atoms with E-state index < -0.39 is 0 Å². The average molecular weight is 570 g/mol. The zero-order chi connectivity index (χ0) is 22.4. The van der Waals surface area contributed by atoms with Gasteiger partial charge in [0.2, 0.25) is 6.79 Å². The standard InChI is InChI=1S/C24H34N4O4.HI/c1-4-17(5-2)20-13-19(32-28-20)14-26-23(25-3)27-15-24(8-10-29-11-9-24)18-6-7-21-22(12-18)31-16-30-21;/h6-7,12-13,17H,4-5,8-11,14-16H2,1-3H3,(H2,25,26,27);1H. The minimum atomic E-state index is -0.0638. The first-order valence-electron chi connectivity index (χ1n) is 11.6. The fraction of sp³-hybridized carbons (Fsp3) is 0.583. The summed E-state index contributed by atoms with van der Waals surface area (Å²) in [6, 6.07) is 8.30. The van der Waals surface area contributed by atoms with Gasteiger partial charge in [-0.15, -0.1) is 24.0 Å². The number of aliphatic imine (C=N–C) groups is 1. The third-order valence-electron chi connectivity index (χ3n) is 6.66. The highest BCUT2D eigenvalue weighted by Gasteiger charge is 2.36. The Morgan fingerprint density at radius 2 is 1.85 bits per heavy atom. The molecule has 2 N–H and O–H groups in total. The molecule has 0 atom stereocenters. The Morgan fingerprint density at radius 1 is 1.09 bits per heavy atom. The van der Waals surface area contributed by atoms with Crippen molar-refractivity contribution in [2.24, 2.45) is 4.99 Å². The third kappa shape index (κ3) is 5.92. The summed E-state index contributed by atoms with van der Waals surface area (Å²) in [4.78, 5) is 4.40. The zero-order valence-corrected chi connectivity index (χ0v) is 22.0. The fourth-order valence-corrected chi connectivity index (χ4v) is 4.51. The quantitative estimate of drug-likeness (QED) is 0.277. The van der Waals surface area contributed by atoms with Crippen molar-refractivity contribution in [2.45, 2.75) is 57.4 Å². The van der Waals surface area contributed by atoms with Gasteiger partial charge in [0.1, 0.15) is 0 Å². The van der Waals surface area contributed by atoms with Gasteiger partial charge in [-0.25, -0.2) is 0 Å². The second kappa shape index (κ2) is 11.9. The summed E-state index contributed by atoms with van der Waals surface area (Å²) in [6.45, 7) is 7.39. The molecule has 2 aliphatic rings. The van der Waals surface area contributed by atoms with Crippen LogP contribution < -0.4 is 20.1 Å². The molecule has 2 aromatic rings. The van der Waals surface area contributed by atoms with E-state index in [2.05, 4.69) is 46.8 Å². The van der Waals surface area contributed by atoms with Crippen molar-refractivity contribution in [3.05, 3.63) is 41.3 Å². The van der Waals surface area contributed by atoms with E-state index in [0.29, 0.717) is 12.5 Å². The molecule has 4 rings (SSSR count). The molecule has 0 saturated carbocycles. The van der Waals surface area contributed by atoms with Crippen LogP contribution in [0.15, 0.2) is 33.8 Å². The summed E-state index contributed by atoms with van der Waals surface area (Å²) in [5.41, 5.74) is 2.20. The molecular formula is C24H35IN4O4. The molecule has 0 aliphatic carbocycles. The first kappa shape index (κ1) is 25.6. The molecule has 0 spiro atoms. The number of fused-ring (bicyclic) bond motifs is 1. The lowest BCUT2D eigenvalue weighted by Gasteiger charge is -2.38. The molecule has 182 valence electrons. The average Bonchev–Trinajstić information content (AvgIpc) is 3.50. The van der Waals surface area contributed by atoms with Crippen molar-refractivity contribution in [3.63, 3.8) is 0 Å². The number of guanidine groups is 1. The molecule has 9 heteroatoms. The van der Waals surface area contributed by atoms with E-state index in [1.807, 2.05) is 12.1 Å². The van der Waals surface area contributed by atoms with Crippen molar-refractivity contribution in [2.75, 3.05) is 33.6 Å². The Morgan fingerprint density at radius 3 is 2.58 bits per heavy atom. The van der Waals surface area contributed by atoms with Gasteiger partial charge >= 0.3 is 0 Å². The minimum absolute atomic E-state index is 0. The minimum Gasteiger partial charge on any atom is -0.454 e. The van der Waals surface area contributed by atoms with Gasteiger partial charge in [-0.3, -0.25) is 4.99 Å². The zero-order valence-electron chi connectivity index (χ0n) is 19.7. The highest BCUT2D eigenvalue weighted by Crippen LogP contribution is 2.40. The second-order valence-corrected chi connectivity index (χ2v) is 8.47.